The molecule has 1 saturated heterocycles. The van der Waals surface area contributed by atoms with Gasteiger partial charge < -0.3 is 9.64 Å². The van der Waals surface area contributed by atoms with Crippen LogP contribution in [0.5, 0.6) is 5.88 Å². The minimum atomic E-state index is -0.459. The first kappa shape index (κ1) is 15.7. The Morgan fingerprint density at radius 1 is 1.39 bits per heavy atom. The minimum absolute atomic E-state index is 0.103. The molecule has 1 aliphatic rings. The largest absolute Gasteiger partial charge is 0.472 e. The normalized spacial score (nSPS) is 17.3. The van der Waals surface area contributed by atoms with Crippen LogP contribution in [0.1, 0.15) is 22.3 Å². The average Bonchev–Trinajstić information content (AvgIpc) is 2.97. The molecule has 3 rings (SSSR count). The summed E-state index contributed by atoms with van der Waals surface area (Å²) in [7, 11) is 0. The fraction of sp³-hybridized carbons (Fsp3) is 0.294. The van der Waals surface area contributed by atoms with Gasteiger partial charge >= 0.3 is 0 Å². The van der Waals surface area contributed by atoms with Crippen molar-refractivity contribution < 1.29 is 13.9 Å². The maximum Gasteiger partial charge on any atom is 0.255 e. The first-order chi connectivity index (χ1) is 11.0. The van der Waals surface area contributed by atoms with Crippen LogP contribution in [0.2, 0.25) is 5.02 Å². The molecule has 1 fully saturated rings. The monoisotopic (exact) mass is 334 g/mol. The molecule has 0 saturated carbocycles. The average molecular weight is 335 g/mol. The summed E-state index contributed by atoms with van der Waals surface area (Å²) in [5, 5.41) is 0.125. The van der Waals surface area contributed by atoms with Crippen LogP contribution in [0, 0.1) is 12.7 Å². The van der Waals surface area contributed by atoms with Gasteiger partial charge in [0.1, 0.15) is 11.9 Å². The number of hydrogen-bond acceptors (Lipinski definition) is 3. The Balaban J connectivity index is 1.65. The summed E-state index contributed by atoms with van der Waals surface area (Å²) >= 11 is 5.96. The number of halogens is 2. The number of ether oxygens (including phenoxy) is 1. The second-order valence-electron chi connectivity index (χ2n) is 5.58. The maximum atomic E-state index is 13.1. The molecule has 2 aromatic rings. The molecule has 1 aromatic heterocycles. The Morgan fingerprint density at radius 3 is 2.91 bits per heavy atom. The fourth-order valence-corrected chi connectivity index (χ4v) is 2.78. The van der Waals surface area contributed by atoms with Crippen molar-refractivity contribution in [1.82, 2.24) is 9.88 Å². The van der Waals surface area contributed by atoms with Crippen LogP contribution >= 0.6 is 11.6 Å². The van der Waals surface area contributed by atoms with Crippen LogP contribution in [0.3, 0.4) is 0 Å². The molecule has 0 N–H and O–H groups in total. The summed E-state index contributed by atoms with van der Waals surface area (Å²) in [5.41, 5.74) is 1.37. The summed E-state index contributed by atoms with van der Waals surface area (Å²) in [5.74, 6) is -0.118. The van der Waals surface area contributed by atoms with Gasteiger partial charge in [-0.1, -0.05) is 17.7 Å². The molecule has 1 aliphatic heterocycles. The number of aromatic nitrogens is 1. The number of pyridine rings is 1. The minimum Gasteiger partial charge on any atom is -0.472 e. The molecular weight excluding hydrogens is 319 g/mol. The van der Waals surface area contributed by atoms with Crippen molar-refractivity contribution >= 4 is 17.5 Å². The van der Waals surface area contributed by atoms with Gasteiger partial charge in [-0.15, -0.1) is 0 Å². The third-order valence-electron chi connectivity index (χ3n) is 3.77. The van der Waals surface area contributed by atoms with Gasteiger partial charge in [0.05, 0.1) is 17.1 Å². The van der Waals surface area contributed by atoms with Gasteiger partial charge in [0.15, 0.2) is 0 Å². The molecule has 0 radical (unpaired) electrons. The van der Waals surface area contributed by atoms with Crippen LogP contribution < -0.4 is 4.74 Å². The van der Waals surface area contributed by atoms with Gasteiger partial charge in [-0.05, 0) is 30.7 Å². The Hall–Kier alpha value is -2.14. The second kappa shape index (κ2) is 6.54. The van der Waals surface area contributed by atoms with Gasteiger partial charge in [0, 0.05) is 25.2 Å². The van der Waals surface area contributed by atoms with E-state index in [0.29, 0.717) is 24.5 Å². The molecule has 0 unspecified atom stereocenters. The third-order valence-corrected chi connectivity index (χ3v) is 4.08. The topological polar surface area (TPSA) is 42.4 Å². The number of carbonyl (C=O) groups excluding carboxylic acids is 1. The molecule has 0 aliphatic carbocycles. The molecule has 1 atom stereocenters. The van der Waals surface area contributed by atoms with Gasteiger partial charge in [0.2, 0.25) is 5.88 Å². The number of carbonyl (C=O) groups is 1. The quantitative estimate of drug-likeness (QED) is 0.863. The number of hydrogen-bond donors (Lipinski definition) is 0. The molecule has 1 aromatic carbocycles. The summed E-state index contributed by atoms with van der Waals surface area (Å²) in [4.78, 5) is 18.3. The van der Waals surface area contributed by atoms with Crippen molar-refractivity contribution in [3.8, 4) is 5.88 Å². The van der Waals surface area contributed by atoms with Gasteiger partial charge in [-0.25, -0.2) is 9.37 Å². The van der Waals surface area contributed by atoms with E-state index in [1.807, 2.05) is 19.1 Å². The number of amides is 1. The van der Waals surface area contributed by atoms with Crippen molar-refractivity contribution in [2.24, 2.45) is 0 Å². The highest BCUT2D eigenvalue weighted by molar-refractivity contribution is 6.33. The summed E-state index contributed by atoms with van der Waals surface area (Å²) in [6, 6.07) is 7.54. The SMILES string of the molecule is Cc1ccc(O[C@H]2CCN(C(=O)c3ccc(F)cc3Cl)C2)nc1. The summed E-state index contributed by atoms with van der Waals surface area (Å²) in [6.07, 6.45) is 2.36. The second-order valence-corrected chi connectivity index (χ2v) is 5.98. The molecule has 120 valence electrons. The zero-order valence-corrected chi connectivity index (χ0v) is 13.4. The van der Waals surface area contributed by atoms with E-state index in [1.165, 1.54) is 12.1 Å². The van der Waals surface area contributed by atoms with Crippen molar-refractivity contribution in [1.29, 1.82) is 0 Å². The van der Waals surface area contributed by atoms with E-state index in [2.05, 4.69) is 4.98 Å². The molecule has 0 spiro atoms. The van der Waals surface area contributed by atoms with E-state index in [4.69, 9.17) is 16.3 Å². The molecule has 2 heterocycles. The number of aryl methyl sites for hydroxylation is 1. The molecule has 23 heavy (non-hydrogen) atoms. The van der Waals surface area contributed by atoms with E-state index in [0.717, 1.165) is 18.1 Å². The Bertz CT molecular complexity index is 721. The van der Waals surface area contributed by atoms with Crippen LogP contribution in [-0.4, -0.2) is 35.0 Å². The highest BCUT2D eigenvalue weighted by Crippen LogP contribution is 2.23. The van der Waals surface area contributed by atoms with E-state index in [1.54, 1.807) is 11.1 Å². The van der Waals surface area contributed by atoms with Crippen molar-refractivity contribution in [3.63, 3.8) is 0 Å². The lowest BCUT2D eigenvalue weighted by Gasteiger charge is -2.17. The lowest BCUT2D eigenvalue weighted by Crippen LogP contribution is -2.31. The molecule has 4 nitrogen and oxygen atoms in total. The highest BCUT2D eigenvalue weighted by atomic mass is 35.5. The lowest BCUT2D eigenvalue weighted by atomic mass is 10.2. The number of rotatable bonds is 3. The van der Waals surface area contributed by atoms with Crippen molar-refractivity contribution in [2.45, 2.75) is 19.4 Å². The Labute approximate surface area is 138 Å². The highest BCUT2D eigenvalue weighted by Gasteiger charge is 2.29. The number of likely N-dealkylation sites (tertiary alicyclic amines) is 1. The maximum absolute atomic E-state index is 13.1. The first-order valence-electron chi connectivity index (χ1n) is 7.36. The summed E-state index contributed by atoms with van der Waals surface area (Å²) < 4.78 is 18.9. The third kappa shape index (κ3) is 3.62. The zero-order valence-electron chi connectivity index (χ0n) is 12.6. The van der Waals surface area contributed by atoms with E-state index in [9.17, 15) is 9.18 Å². The zero-order chi connectivity index (χ0) is 16.4. The van der Waals surface area contributed by atoms with E-state index in [-0.39, 0.29) is 17.0 Å². The molecule has 0 bridgehead atoms. The van der Waals surface area contributed by atoms with Crippen LogP contribution in [0.25, 0.3) is 0 Å². The standard InChI is InChI=1S/C17H16ClFN2O2/c1-11-2-5-16(20-9-11)23-13-6-7-21(10-13)17(22)14-4-3-12(19)8-15(14)18/h2-5,8-9,13H,6-7,10H2,1H3/t13-/m0/s1. The first-order valence-corrected chi connectivity index (χ1v) is 7.74. The lowest BCUT2D eigenvalue weighted by molar-refractivity contribution is 0.0771. The van der Waals surface area contributed by atoms with E-state index < -0.39 is 5.82 Å². The number of benzene rings is 1. The smallest absolute Gasteiger partial charge is 0.255 e. The van der Waals surface area contributed by atoms with Crippen molar-refractivity contribution in [2.75, 3.05) is 13.1 Å². The van der Waals surface area contributed by atoms with Gasteiger partial charge in [-0.2, -0.15) is 0 Å². The van der Waals surface area contributed by atoms with Crippen molar-refractivity contribution in [3.05, 3.63) is 58.5 Å². The summed E-state index contributed by atoms with van der Waals surface area (Å²) in [6.45, 7) is 2.99. The molecule has 6 heteroatoms. The van der Waals surface area contributed by atoms with Gasteiger partial charge in [-0.3, -0.25) is 4.79 Å². The predicted molar refractivity (Wildman–Crippen MR) is 85.3 cm³/mol. The molecular formula is C17H16ClFN2O2. The number of nitrogens with zero attached hydrogens (tertiary/aromatic N) is 2. The fourth-order valence-electron chi connectivity index (χ4n) is 2.54. The molecule has 1 amide bonds. The van der Waals surface area contributed by atoms with Crippen LogP contribution in [0.15, 0.2) is 36.5 Å². The van der Waals surface area contributed by atoms with Crippen LogP contribution in [-0.2, 0) is 0 Å². The Morgan fingerprint density at radius 2 is 2.22 bits per heavy atom. The van der Waals surface area contributed by atoms with Crippen LogP contribution in [0.4, 0.5) is 4.39 Å². The Kier molecular flexibility index (Phi) is 4.48. The predicted octanol–water partition coefficient (Wildman–Crippen LogP) is 3.48. The van der Waals surface area contributed by atoms with E-state index >= 15 is 0 Å². The van der Waals surface area contributed by atoms with Gasteiger partial charge in [0.25, 0.3) is 5.91 Å².